The third-order valence-corrected chi connectivity index (χ3v) is 2.91. The van der Waals surface area contributed by atoms with E-state index in [4.69, 9.17) is 11.6 Å². The highest BCUT2D eigenvalue weighted by molar-refractivity contribution is 6.30. The summed E-state index contributed by atoms with van der Waals surface area (Å²) in [5.41, 5.74) is 1.79. The summed E-state index contributed by atoms with van der Waals surface area (Å²) in [6.45, 7) is 0. The smallest absolute Gasteiger partial charge is 0.213 e. The van der Waals surface area contributed by atoms with Crippen LogP contribution in [-0.2, 0) is 0 Å². The van der Waals surface area contributed by atoms with Gasteiger partial charge in [-0.2, -0.15) is 0 Å². The molecular weight excluding hydrogens is 250 g/mol. The first kappa shape index (κ1) is 10.9. The summed E-state index contributed by atoms with van der Waals surface area (Å²) < 4.78 is 0. The quantitative estimate of drug-likeness (QED) is 0.567. The molecule has 3 rings (SSSR count). The van der Waals surface area contributed by atoms with Crippen LogP contribution >= 0.6 is 11.6 Å². The summed E-state index contributed by atoms with van der Waals surface area (Å²) in [4.78, 5) is 23.1. The molecule has 0 bridgehead atoms. The van der Waals surface area contributed by atoms with Gasteiger partial charge in [0.05, 0.1) is 0 Å². The van der Waals surface area contributed by atoms with E-state index in [1.165, 1.54) is 12.4 Å². The maximum Gasteiger partial charge on any atom is 0.213 e. The van der Waals surface area contributed by atoms with E-state index in [9.17, 15) is 4.79 Å². The molecule has 0 amide bonds. The van der Waals surface area contributed by atoms with Crippen molar-refractivity contribution in [3.63, 3.8) is 0 Å². The molecule has 18 heavy (non-hydrogen) atoms. The second kappa shape index (κ2) is 4.23. The Hall–Kier alpha value is -2.20. The van der Waals surface area contributed by atoms with Gasteiger partial charge in [0.1, 0.15) is 17.2 Å². The maximum atomic E-state index is 12.3. The molecule has 0 aliphatic rings. The van der Waals surface area contributed by atoms with Crippen molar-refractivity contribution in [1.29, 1.82) is 0 Å². The lowest BCUT2D eigenvalue weighted by Gasteiger charge is -1.98. The SMILES string of the molecule is O=C(c1cc(Cl)ncn1)c1c[nH]c2ccccc12. The number of H-pyrrole nitrogens is 1. The highest BCUT2D eigenvalue weighted by Gasteiger charge is 2.15. The normalized spacial score (nSPS) is 10.7. The molecule has 0 atom stereocenters. The predicted octanol–water partition coefficient (Wildman–Crippen LogP) is 2.84. The van der Waals surface area contributed by atoms with Gasteiger partial charge in [0, 0.05) is 28.7 Å². The van der Waals surface area contributed by atoms with Gasteiger partial charge in [-0.15, -0.1) is 0 Å². The van der Waals surface area contributed by atoms with E-state index < -0.39 is 0 Å². The van der Waals surface area contributed by atoms with E-state index in [0.29, 0.717) is 11.3 Å². The van der Waals surface area contributed by atoms with Crippen LogP contribution in [0.5, 0.6) is 0 Å². The minimum Gasteiger partial charge on any atom is -0.360 e. The van der Waals surface area contributed by atoms with Crippen molar-refractivity contribution >= 4 is 28.3 Å². The van der Waals surface area contributed by atoms with Gasteiger partial charge in [0.15, 0.2) is 0 Å². The number of halogens is 1. The summed E-state index contributed by atoms with van der Waals surface area (Å²) >= 11 is 5.76. The van der Waals surface area contributed by atoms with Crippen LogP contribution in [0.15, 0.2) is 42.9 Å². The van der Waals surface area contributed by atoms with Gasteiger partial charge < -0.3 is 4.98 Å². The van der Waals surface area contributed by atoms with Crippen molar-refractivity contribution in [2.45, 2.75) is 0 Å². The van der Waals surface area contributed by atoms with E-state index in [1.807, 2.05) is 24.3 Å². The monoisotopic (exact) mass is 257 g/mol. The molecular formula is C13H8ClN3O. The number of nitrogens with zero attached hydrogens (tertiary/aromatic N) is 2. The second-order valence-electron chi connectivity index (χ2n) is 3.80. The van der Waals surface area contributed by atoms with Crippen molar-refractivity contribution in [2.24, 2.45) is 0 Å². The highest BCUT2D eigenvalue weighted by atomic mass is 35.5. The first-order valence-corrected chi connectivity index (χ1v) is 5.72. The number of rotatable bonds is 2. The molecule has 2 heterocycles. The number of benzene rings is 1. The summed E-state index contributed by atoms with van der Waals surface area (Å²) in [6, 6.07) is 9.07. The van der Waals surface area contributed by atoms with Gasteiger partial charge in [-0.25, -0.2) is 9.97 Å². The second-order valence-corrected chi connectivity index (χ2v) is 4.19. The molecule has 4 nitrogen and oxygen atoms in total. The fraction of sp³-hybridized carbons (Fsp3) is 0. The van der Waals surface area contributed by atoms with Crippen LogP contribution in [-0.4, -0.2) is 20.7 Å². The van der Waals surface area contributed by atoms with Gasteiger partial charge in [-0.1, -0.05) is 29.8 Å². The minimum atomic E-state index is -0.170. The van der Waals surface area contributed by atoms with E-state index in [-0.39, 0.29) is 10.9 Å². The van der Waals surface area contributed by atoms with E-state index in [1.54, 1.807) is 6.20 Å². The summed E-state index contributed by atoms with van der Waals surface area (Å²) in [5.74, 6) is -0.170. The predicted molar refractivity (Wildman–Crippen MR) is 68.8 cm³/mol. The van der Waals surface area contributed by atoms with Gasteiger partial charge in [-0.05, 0) is 6.07 Å². The van der Waals surface area contributed by atoms with Crippen LogP contribution in [0.3, 0.4) is 0 Å². The Morgan fingerprint density at radius 2 is 2.06 bits per heavy atom. The Morgan fingerprint density at radius 3 is 2.89 bits per heavy atom. The number of para-hydroxylation sites is 1. The van der Waals surface area contributed by atoms with Crippen LogP contribution < -0.4 is 0 Å². The largest absolute Gasteiger partial charge is 0.360 e. The topological polar surface area (TPSA) is 58.6 Å². The summed E-state index contributed by atoms with van der Waals surface area (Å²) in [7, 11) is 0. The fourth-order valence-electron chi connectivity index (χ4n) is 1.86. The van der Waals surface area contributed by atoms with Crippen molar-refractivity contribution < 1.29 is 4.79 Å². The lowest BCUT2D eigenvalue weighted by atomic mass is 10.1. The van der Waals surface area contributed by atoms with Crippen LogP contribution in [0.2, 0.25) is 5.15 Å². The Labute approximate surface area is 108 Å². The highest BCUT2D eigenvalue weighted by Crippen LogP contribution is 2.20. The fourth-order valence-corrected chi connectivity index (χ4v) is 2.00. The molecule has 3 aromatic rings. The van der Waals surface area contributed by atoms with Crippen LogP contribution in [0.25, 0.3) is 10.9 Å². The number of aromatic nitrogens is 3. The van der Waals surface area contributed by atoms with Crippen LogP contribution in [0, 0.1) is 0 Å². The number of nitrogens with one attached hydrogen (secondary N) is 1. The standard InChI is InChI=1S/C13H8ClN3O/c14-12-5-11(16-7-17-12)13(18)9-6-15-10-4-2-1-3-8(9)10/h1-7,15H. The Bertz CT molecular complexity index is 736. The molecule has 5 heteroatoms. The van der Waals surface area contributed by atoms with Crippen molar-refractivity contribution in [3.8, 4) is 0 Å². The average molecular weight is 258 g/mol. The van der Waals surface area contributed by atoms with E-state index >= 15 is 0 Å². The van der Waals surface area contributed by atoms with Crippen molar-refractivity contribution in [2.75, 3.05) is 0 Å². The van der Waals surface area contributed by atoms with Gasteiger partial charge in [-0.3, -0.25) is 4.79 Å². The maximum absolute atomic E-state index is 12.3. The Kier molecular flexibility index (Phi) is 2.57. The molecule has 0 spiro atoms. The van der Waals surface area contributed by atoms with Gasteiger partial charge >= 0.3 is 0 Å². The van der Waals surface area contributed by atoms with E-state index in [0.717, 1.165) is 10.9 Å². The molecule has 1 aromatic carbocycles. The molecule has 0 saturated carbocycles. The zero-order valence-corrected chi connectivity index (χ0v) is 9.98. The zero-order valence-electron chi connectivity index (χ0n) is 9.22. The number of hydrogen-bond acceptors (Lipinski definition) is 3. The molecule has 0 aliphatic carbocycles. The van der Waals surface area contributed by atoms with Crippen molar-refractivity contribution in [1.82, 2.24) is 15.0 Å². The molecule has 2 aromatic heterocycles. The molecule has 0 unspecified atom stereocenters. The lowest BCUT2D eigenvalue weighted by Crippen LogP contribution is -2.03. The van der Waals surface area contributed by atoms with Gasteiger partial charge in [0.2, 0.25) is 5.78 Å². The molecule has 88 valence electrons. The number of fused-ring (bicyclic) bond motifs is 1. The number of ketones is 1. The van der Waals surface area contributed by atoms with Crippen molar-refractivity contribution in [3.05, 3.63) is 59.3 Å². The third-order valence-electron chi connectivity index (χ3n) is 2.70. The van der Waals surface area contributed by atoms with Crippen LogP contribution in [0.4, 0.5) is 0 Å². The summed E-state index contributed by atoms with van der Waals surface area (Å²) in [6.07, 6.45) is 2.97. The number of carbonyl (C=O) groups is 1. The number of carbonyl (C=O) groups excluding carboxylic acids is 1. The molecule has 0 saturated heterocycles. The Balaban J connectivity index is 2.12. The molecule has 0 aliphatic heterocycles. The average Bonchev–Trinajstić information content (AvgIpc) is 2.82. The lowest BCUT2D eigenvalue weighted by molar-refractivity contribution is 0.103. The summed E-state index contributed by atoms with van der Waals surface area (Å²) in [5, 5.41) is 1.13. The first-order valence-electron chi connectivity index (χ1n) is 5.34. The first-order chi connectivity index (χ1) is 8.75. The minimum absolute atomic E-state index is 0.170. The number of hydrogen-bond donors (Lipinski definition) is 1. The van der Waals surface area contributed by atoms with Crippen LogP contribution in [0.1, 0.15) is 16.1 Å². The zero-order chi connectivity index (χ0) is 12.5. The molecule has 0 fully saturated rings. The Morgan fingerprint density at radius 1 is 1.22 bits per heavy atom. The van der Waals surface area contributed by atoms with Gasteiger partial charge in [0.25, 0.3) is 0 Å². The molecule has 0 radical (unpaired) electrons. The number of aromatic amines is 1. The molecule has 1 N–H and O–H groups in total. The third kappa shape index (κ3) is 1.76. The van der Waals surface area contributed by atoms with E-state index in [2.05, 4.69) is 15.0 Å².